The van der Waals surface area contributed by atoms with Crippen LogP contribution in [0.1, 0.15) is 52.5 Å². The van der Waals surface area contributed by atoms with Crippen molar-refractivity contribution in [2.45, 2.75) is 26.7 Å². The molecule has 6 nitrogen and oxygen atoms in total. The first kappa shape index (κ1) is 21.5. The summed E-state index contributed by atoms with van der Waals surface area (Å²) >= 11 is 0. The lowest BCUT2D eigenvalue weighted by atomic mass is 10.0. The van der Waals surface area contributed by atoms with Crippen molar-refractivity contribution < 1.29 is 19.4 Å². The average molecular weight is 412 g/mol. The van der Waals surface area contributed by atoms with Gasteiger partial charge in [0.15, 0.2) is 11.5 Å². The zero-order valence-corrected chi connectivity index (χ0v) is 17.2. The molecule has 1 N–H and O–H groups in total. The van der Waals surface area contributed by atoms with Crippen molar-refractivity contribution in [1.29, 1.82) is 5.26 Å². The van der Waals surface area contributed by atoms with Crippen LogP contribution < -0.4 is 0 Å². The first-order valence-electron chi connectivity index (χ1n) is 9.78. The molecule has 0 aliphatic heterocycles. The van der Waals surface area contributed by atoms with Gasteiger partial charge in [0.05, 0.1) is 24.1 Å². The van der Waals surface area contributed by atoms with Gasteiger partial charge in [0, 0.05) is 17.4 Å². The second-order valence-corrected chi connectivity index (χ2v) is 6.85. The van der Waals surface area contributed by atoms with Gasteiger partial charge in [0.2, 0.25) is 0 Å². The van der Waals surface area contributed by atoms with Crippen molar-refractivity contribution in [3.63, 3.8) is 0 Å². The summed E-state index contributed by atoms with van der Waals surface area (Å²) in [6.45, 7) is 3.86. The zero-order chi connectivity index (χ0) is 22.4. The molecule has 0 spiro atoms. The van der Waals surface area contributed by atoms with Crippen LogP contribution in [0.15, 0.2) is 42.5 Å². The van der Waals surface area contributed by atoms with Gasteiger partial charge in [0.25, 0.3) is 0 Å². The highest BCUT2D eigenvalue weighted by Gasteiger charge is 2.21. The number of fused-ring (bicyclic) bond motifs is 1. The number of pyridine rings is 1. The molecule has 0 bridgehead atoms. The summed E-state index contributed by atoms with van der Waals surface area (Å²) in [5.41, 5.74) is 2.46. The van der Waals surface area contributed by atoms with Gasteiger partial charge in [-0.15, -0.1) is 0 Å². The van der Waals surface area contributed by atoms with E-state index in [2.05, 4.69) is 16.8 Å². The fraction of sp³-hybridized carbons (Fsp3) is 0.200. The fourth-order valence-electron chi connectivity index (χ4n) is 3.11. The normalized spacial score (nSPS) is 10.1. The summed E-state index contributed by atoms with van der Waals surface area (Å²) in [6.07, 6.45) is -0.324. The number of carbonyl (C=O) groups excluding carboxylic acids is 2. The number of nitrogens with zero attached hydrogens (tertiary/aromatic N) is 2. The van der Waals surface area contributed by atoms with Gasteiger partial charge in [0.1, 0.15) is 17.3 Å². The number of hydrogen-bond acceptors (Lipinski definition) is 6. The molecule has 0 atom stereocenters. The summed E-state index contributed by atoms with van der Waals surface area (Å²) in [7, 11) is 0. The number of benzene rings is 2. The van der Waals surface area contributed by atoms with E-state index in [0.717, 1.165) is 11.1 Å². The monoisotopic (exact) mass is 412 g/mol. The van der Waals surface area contributed by atoms with Gasteiger partial charge in [-0.2, -0.15) is 5.26 Å². The van der Waals surface area contributed by atoms with Crippen LogP contribution >= 0.6 is 0 Å². The van der Waals surface area contributed by atoms with E-state index in [1.165, 1.54) is 0 Å². The molecule has 0 amide bonds. The van der Waals surface area contributed by atoms with Crippen LogP contribution in [0.5, 0.6) is 5.75 Å². The molecule has 2 aromatic carbocycles. The predicted molar refractivity (Wildman–Crippen MR) is 115 cm³/mol. The van der Waals surface area contributed by atoms with Gasteiger partial charge >= 0.3 is 5.97 Å². The third kappa shape index (κ3) is 4.88. The fourth-order valence-corrected chi connectivity index (χ4v) is 3.11. The van der Waals surface area contributed by atoms with E-state index in [1.807, 2.05) is 37.3 Å². The Morgan fingerprint density at radius 2 is 1.90 bits per heavy atom. The summed E-state index contributed by atoms with van der Waals surface area (Å²) in [5.74, 6) is 4.56. The van der Waals surface area contributed by atoms with E-state index < -0.39 is 17.5 Å². The first-order valence-corrected chi connectivity index (χ1v) is 9.78. The quantitative estimate of drug-likeness (QED) is 0.386. The zero-order valence-electron chi connectivity index (χ0n) is 17.2. The minimum atomic E-state index is -0.551. The molecule has 0 aliphatic rings. The van der Waals surface area contributed by atoms with E-state index in [9.17, 15) is 20.0 Å². The molecule has 6 heteroatoms. The van der Waals surface area contributed by atoms with Crippen LogP contribution in [0.2, 0.25) is 0 Å². The predicted octanol–water partition coefficient (Wildman–Crippen LogP) is 4.05. The van der Waals surface area contributed by atoms with Crippen molar-refractivity contribution >= 4 is 22.7 Å². The summed E-state index contributed by atoms with van der Waals surface area (Å²) < 4.78 is 4.83. The lowest BCUT2D eigenvalue weighted by Crippen LogP contribution is -2.10. The summed E-state index contributed by atoms with van der Waals surface area (Å²) in [6, 6.07) is 14.8. The number of Topliss-reactive ketones (excluding diaryl/α,β-unsaturated/α-hetero) is 1. The second kappa shape index (κ2) is 9.56. The molecular formula is C25H20N2O4. The van der Waals surface area contributed by atoms with E-state index in [-0.39, 0.29) is 30.7 Å². The lowest BCUT2D eigenvalue weighted by Gasteiger charge is -2.09. The number of ketones is 1. The minimum Gasteiger partial charge on any atom is -0.504 e. The number of rotatable bonds is 5. The van der Waals surface area contributed by atoms with Gasteiger partial charge in [-0.05, 0) is 37.6 Å². The number of aryl methyl sites for hydroxylation is 1. The standard InChI is InChI=1S/C25H20N2O4/c1-3-31-22(29)13-12-21(28)24-25(30)20(15-26)19-9-5-8-18(23(19)27-24)11-10-17-7-4-6-16(2)14-17/h4-9,14,30H,3,12-13H2,1-2H3. The lowest BCUT2D eigenvalue weighted by molar-refractivity contribution is -0.143. The van der Waals surface area contributed by atoms with Crippen LogP contribution in [0.3, 0.4) is 0 Å². The highest BCUT2D eigenvalue weighted by Crippen LogP contribution is 2.30. The van der Waals surface area contributed by atoms with E-state index in [1.54, 1.807) is 25.1 Å². The molecular weight excluding hydrogens is 392 g/mol. The molecule has 31 heavy (non-hydrogen) atoms. The minimum absolute atomic E-state index is 0.0521. The third-order valence-electron chi connectivity index (χ3n) is 4.59. The molecule has 154 valence electrons. The second-order valence-electron chi connectivity index (χ2n) is 6.85. The Balaban J connectivity index is 2.07. The summed E-state index contributed by atoms with van der Waals surface area (Å²) in [4.78, 5) is 28.5. The number of para-hydroxylation sites is 1. The van der Waals surface area contributed by atoms with E-state index in [0.29, 0.717) is 16.5 Å². The first-order chi connectivity index (χ1) is 14.9. The molecule has 3 rings (SSSR count). The number of esters is 1. The molecule has 0 saturated heterocycles. The number of aromatic hydroxyl groups is 1. The van der Waals surface area contributed by atoms with Gasteiger partial charge in [-0.3, -0.25) is 9.59 Å². The number of hydrogen-bond donors (Lipinski definition) is 1. The average Bonchev–Trinajstić information content (AvgIpc) is 2.76. The molecule has 0 unspecified atom stereocenters. The number of nitriles is 1. The molecule has 0 fully saturated rings. The third-order valence-corrected chi connectivity index (χ3v) is 4.59. The van der Waals surface area contributed by atoms with Gasteiger partial charge < -0.3 is 9.84 Å². The largest absolute Gasteiger partial charge is 0.504 e. The summed E-state index contributed by atoms with van der Waals surface area (Å²) in [5, 5.41) is 20.5. The molecule has 3 aromatic rings. The highest BCUT2D eigenvalue weighted by molar-refractivity contribution is 6.03. The molecule has 0 saturated carbocycles. The van der Waals surface area contributed by atoms with E-state index >= 15 is 0 Å². The Morgan fingerprint density at radius 3 is 2.61 bits per heavy atom. The number of aromatic nitrogens is 1. The van der Waals surface area contributed by atoms with Crippen molar-refractivity contribution in [1.82, 2.24) is 4.98 Å². The van der Waals surface area contributed by atoms with Crippen molar-refractivity contribution in [2.75, 3.05) is 6.61 Å². The maximum atomic E-state index is 12.6. The molecule has 1 heterocycles. The Morgan fingerprint density at radius 1 is 1.13 bits per heavy atom. The molecule has 0 aliphatic carbocycles. The molecule has 0 radical (unpaired) electrons. The van der Waals surface area contributed by atoms with Crippen LogP contribution in [0, 0.1) is 30.1 Å². The van der Waals surface area contributed by atoms with Crippen LogP contribution in [0.4, 0.5) is 0 Å². The topological polar surface area (TPSA) is 100 Å². The van der Waals surface area contributed by atoms with E-state index in [4.69, 9.17) is 4.74 Å². The van der Waals surface area contributed by atoms with Crippen LogP contribution in [0.25, 0.3) is 10.9 Å². The Bertz CT molecular complexity index is 1280. The maximum Gasteiger partial charge on any atom is 0.306 e. The maximum absolute atomic E-state index is 12.6. The SMILES string of the molecule is CCOC(=O)CCC(=O)c1nc2c(C#Cc3cccc(C)c3)cccc2c(C#N)c1O. The van der Waals surface area contributed by atoms with Gasteiger partial charge in [-0.1, -0.05) is 36.1 Å². The van der Waals surface area contributed by atoms with Crippen LogP contribution in [-0.4, -0.2) is 28.4 Å². The smallest absolute Gasteiger partial charge is 0.306 e. The number of carbonyl (C=O) groups is 2. The van der Waals surface area contributed by atoms with Crippen molar-refractivity contribution in [2.24, 2.45) is 0 Å². The highest BCUT2D eigenvalue weighted by atomic mass is 16.5. The van der Waals surface area contributed by atoms with Gasteiger partial charge in [-0.25, -0.2) is 4.98 Å². The molecule has 1 aromatic heterocycles. The van der Waals surface area contributed by atoms with Crippen molar-refractivity contribution in [3.05, 3.63) is 70.4 Å². The Hall–Kier alpha value is -4.16. The number of ether oxygens (including phenoxy) is 1. The van der Waals surface area contributed by atoms with Crippen LogP contribution in [-0.2, 0) is 9.53 Å². The van der Waals surface area contributed by atoms with Crippen molar-refractivity contribution in [3.8, 4) is 23.7 Å². The Kier molecular flexibility index (Phi) is 6.64. The Labute approximate surface area is 180 Å².